The van der Waals surface area contributed by atoms with Gasteiger partial charge in [0.2, 0.25) is 0 Å². The first kappa shape index (κ1) is 16.1. The van der Waals surface area contributed by atoms with Gasteiger partial charge >= 0.3 is 0 Å². The van der Waals surface area contributed by atoms with E-state index >= 15 is 0 Å². The van der Waals surface area contributed by atoms with E-state index in [1.54, 1.807) is 6.20 Å². The zero-order valence-electron chi connectivity index (χ0n) is 14.2. The van der Waals surface area contributed by atoms with Crippen LogP contribution in [0.3, 0.4) is 0 Å². The number of nitrogens with zero attached hydrogens (tertiary/aromatic N) is 4. The van der Waals surface area contributed by atoms with E-state index in [0.717, 1.165) is 36.7 Å². The number of aromatic nitrogens is 3. The van der Waals surface area contributed by atoms with E-state index in [4.69, 9.17) is 4.52 Å². The quantitative estimate of drug-likeness (QED) is 0.772. The molecule has 3 heterocycles. The molecule has 1 saturated heterocycles. The van der Waals surface area contributed by atoms with Gasteiger partial charge in [-0.05, 0) is 24.6 Å². The van der Waals surface area contributed by atoms with Gasteiger partial charge in [-0.25, -0.2) is 4.68 Å². The van der Waals surface area contributed by atoms with Crippen LogP contribution in [0.4, 0.5) is 0 Å². The Morgan fingerprint density at radius 3 is 2.88 bits per heavy atom. The lowest BCUT2D eigenvalue weighted by atomic mass is 10.0. The van der Waals surface area contributed by atoms with Gasteiger partial charge in [-0.3, -0.25) is 4.90 Å². The summed E-state index contributed by atoms with van der Waals surface area (Å²) in [4.78, 5) is 2.29. The number of rotatable bonds is 5. The fourth-order valence-electron chi connectivity index (χ4n) is 3.56. The van der Waals surface area contributed by atoms with Crippen LogP contribution in [0.25, 0.3) is 5.69 Å². The highest BCUT2D eigenvalue weighted by atomic mass is 16.5. The van der Waals surface area contributed by atoms with Gasteiger partial charge in [0.15, 0.2) is 0 Å². The second kappa shape index (κ2) is 6.82. The van der Waals surface area contributed by atoms with Crippen LogP contribution in [0.2, 0.25) is 0 Å². The van der Waals surface area contributed by atoms with Crippen LogP contribution in [-0.4, -0.2) is 44.1 Å². The summed E-state index contributed by atoms with van der Waals surface area (Å²) in [5.41, 5.74) is 3.17. The van der Waals surface area contributed by atoms with E-state index in [0.29, 0.717) is 6.54 Å². The number of para-hydroxylation sites is 1. The first-order valence-corrected chi connectivity index (χ1v) is 8.59. The minimum Gasteiger partial charge on any atom is -0.391 e. The molecule has 0 amide bonds. The molecule has 1 aliphatic heterocycles. The SMILES string of the molecule is Cc1cc(C[C@@H]2CN(Cc3ccccc3-n3cccn3)C[C@H]2O)on1. The second-order valence-corrected chi connectivity index (χ2v) is 6.74. The van der Waals surface area contributed by atoms with Crippen LogP contribution < -0.4 is 0 Å². The normalized spacial score (nSPS) is 21.0. The molecule has 1 N–H and O–H groups in total. The van der Waals surface area contributed by atoms with Crippen LogP contribution in [0.1, 0.15) is 17.0 Å². The number of β-amino-alcohol motifs (C(OH)–C–C–N with tert-alkyl or cyclic N) is 1. The smallest absolute Gasteiger partial charge is 0.137 e. The lowest BCUT2D eigenvalue weighted by molar-refractivity contribution is 0.137. The Balaban J connectivity index is 1.46. The van der Waals surface area contributed by atoms with Crippen molar-refractivity contribution in [3.63, 3.8) is 0 Å². The maximum atomic E-state index is 10.4. The van der Waals surface area contributed by atoms with Crippen molar-refractivity contribution < 1.29 is 9.63 Å². The highest BCUT2D eigenvalue weighted by Crippen LogP contribution is 2.25. The van der Waals surface area contributed by atoms with Gasteiger partial charge in [0.25, 0.3) is 0 Å². The molecule has 25 heavy (non-hydrogen) atoms. The average molecular weight is 338 g/mol. The fourth-order valence-corrected chi connectivity index (χ4v) is 3.56. The third kappa shape index (κ3) is 3.50. The van der Waals surface area contributed by atoms with Gasteiger partial charge in [0.1, 0.15) is 5.76 Å². The van der Waals surface area contributed by atoms with Gasteiger partial charge in [0.05, 0.1) is 17.5 Å². The number of aliphatic hydroxyl groups is 1. The van der Waals surface area contributed by atoms with Gasteiger partial charge in [-0.2, -0.15) is 5.10 Å². The molecular weight excluding hydrogens is 316 g/mol. The number of likely N-dealkylation sites (tertiary alicyclic amines) is 1. The van der Waals surface area contributed by atoms with Crippen molar-refractivity contribution in [2.24, 2.45) is 5.92 Å². The lowest BCUT2D eigenvalue weighted by Gasteiger charge is -2.18. The highest BCUT2D eigenvalue weighted by Gasteiger charge is 2.32. The zero-order valence-corrected chi connectivity index (χ0v) is 14.2. The van der Waals surface area contributed by atoms with Crippen LogP contribution in [0.5, 0.6) is 0 Å². The highest BCUT2D eigenvalue weighted by molar-refractivity contribution is 5.40. The predicted octanol–water partition coefficient (Wildman–Crippen LogP) is 2.20. The maximum absolute atomic E-state index is 10.4. The number of aliphatic hydroxyl groups excluding tert-OH is 1. The Morgan fingerprint density at radius 2 is 2.12 bits per heavy atom. The summed E-state index contributed by atoms with van der Waals surface area (Å²) in [5.74, 6) is 1.02. The van der Waals surface area contributed by atoms with Gasteiger partial charge in [-0.1, -0.05) is 23.4 Å². The van der Waals surface area contributed by atoms with E-state index in [1.165, 1.54) is 5.56 Å². The van der Waals surface area contributed by atoms with Crippen molar-refractivity contribution >= 4 is 0 Å². The molecule has 3 aromatic rings. The largest absolute Gasteiger partial charge is 0.391 e. The molecule has 0 saturated carbocycles. The van der Waals surface area contributed by atoms with E-state index in [2.05, 4.69) is 27.3 Å². The number of benzene rings is 1. The Hall–Kier alpha value is -2.44. The molecule has 2 aromatic heterocycles. The Labute approximate surface area is 146 Å². The van der Waals surface area contributed by atoms with Gasteiger partial charge in [-0.15, -0.1) is 0 Å². The third-order valence-corrected chi connectivity index (χ3v) is 4.76. The van der Waals surface area contributed by atoms with Crippen molar-refractivity contribution in [3.05, 3.63) is 65.8 Å². The standard InChI is InChI=1S/C19H22N4O2/c1-14-9-17(25-21-14)10-16-12-22(13-19(16)24)11-15-5-2-3-6-18(15)23-8-4-7-20-23/h2-9,16,19,24H,10-13H2,1H3/t16-,19-/m1/s1. The van der Waals surface area contributed by atoms with Crippen molar-refractivity contribution in [1.29, 1.82) is 0 Å². The summed E-state index contributed by atoms with van der Waals surface area (Å²) in [6.45, 7) is 4.22. The Kier molecular flexibility index (Phi) is 4.38. The summed E-state index contributed by atoms with van der Waals surface area (Å²) in [6.07, 6.45) is 4.11. The van der Waals surface area contributed by atoms with Crippen LogP contribution >= 0.6 is 0 Å². The monoisotopic (exact) mass is 338 g/mol. The maximum Gasteiger partial charge on any atom is 0.137 e. The number of hydrogen-bond acceptors (Lipinski definition) is 5. The van der Waals surface area contributed by atoms with Crippen LogP contribution in [0.15, 0.2) is 53.3 Å². The minimum absolute atomic E-state index is 0.171. The molecule has 6 heteroatoms. The van der Waals surface area contributed by atoms with Crippen molar-refractivity contribution in [3.8, 4) is 5.69 Å². The molecule has 0 aliphatic carbocycles. The lowest BCUT2D eigenvalue weighted by Crippen LogP contribution is -2.22. The molecule has 1 aliphatic rings. The van der Waals surface area contributed by atoms with Gasteiger partial charge < -0.3 is 9.63 Å². The van der Waals surface area contributed by atoms with Crippen molar-refractivity contribution in [2.75, 3.05) is 13.1 Å². The summed E-state index contributed by atoms with van der Waals surface area (Å²) in [6, 6.07) is 12.1. The Morgan fingerprint density at radius 1 is 1.24 bits per heavy atom. The molecule has 4 rings (SSSR count). The first-order valence-electron chi connectivity index (χ1n) is 8.59. The molecule has 1 fully saturated rings. The van der Waals surface area contributed by atoms with E-state index in [-0.39, 0.29) is 12.0 Å². The van der Waals surface area contributed by atoms with Crippen LogP contribution in [-0.2, 0) is 13.0 Å². The second-order valence-electron chi connectivity index (χ2n) is 6.74. The van der Waals surface area contributed by atoms with E-state index < -0.39 is 0 Å². The molecule has 0 radical (unpaired) electrons. The Bertz CT molecular complexity index is 828. The molecular formula is C19H22N4O2. The topological polar surface area (TPSA) is 67.3 Å². The summed E-state index contributed by atoms with van der Waals surface area (Å²) >= 11 is 0. The summed E-state index contributed by atoms with van der Waals surface area (Å²) < 4.78 is 7.19. The van der Waals surface area contributed by atoms with Gasteiger partial charge in [0, 0.05) is 50.4 Å². The van der Waals surface area contributed by atoms with E-state index in [1.807, 2.05) is 42.1 Å². The predicted molar refractivity (Wildman–Crippen MR) is 93.3 cm³/mol. The summed E-state index contributed by atoms with van der Waals surface area (Å²) in [5, 5.41) is 18.7. The molecule has 1 aromatic carbocycles. The molecule has 0 unspecified atom stereocenters. The average Bonchev–Trinajstić information content (AvgIpc) is 3.32. The molecule has 0 spiro atoms. The molecule has 6 nitrogen and oxygen atoms in total. The summed E-state index contributed by atoms with van der Waals surface area (Å²) in [7, 11) is 0. The first-order chi connectivity index (χ1) is 12.2. The third-order valence-electron chi connectivity index (χ3n) is 4.76. The van der Waals surface area contributed by atoms with Crippen LogP contribution in [0, 0.1) is 12.8 Å². The zero-order chi connectivity index (χ0) is 17.2. The minimum atomic E-state index is -0.345. The van der Waals surface area contributed by atoms with Crippen molar-refractivity contribution in [1.82, 2.24) is 19.8 Å². The molecule has 2 atom stereocenters. The number of aryl methyl sites for hydroxylation is 1. The fraction of sp³-hybridized carbons (Fsp3) is 0.368. The van der Waals surface area contributed by atoms with E-state index in [9.17, 15) is 5.11 Å². The number of hydrogen-bond donors (Lipinski definition) is 1. The van der Waals surface area contributed by atoms with Crippen molar-refractivity contribution in [2.45, 2.75) is 26.0 Å². The molecule has 130 valence electrons. The molecule has 0 bridgehead atoms.